The lowest BCUT2D eigenvalue weighted by Gasteiger charge is -2.21. The zero-order chi connectivity index (χ0) is 21.7. The van der Waals surface area contributed by atoms with Crippen LogP contribution in [0.15, 0.2) is 52.2 Å². The summed E-state index contributed by atoms with van der Waals surface area (Å²) in [5, 5.41) is 12.3. The molecule has 1 aliphatic rings. The number of rotatable bonds is 7. The fourth-order valence-electron chi connectivity index (χ4n) is 3.41. The number of unbranched alkanes of at least 4 members (excludes halogenated alkanes) is 1. The number of nitrogens with two attached hydrogens (primary N) is 1. The highest BCUT2D eigenvalue weighted by molar-refractivity contribution is 5.99. The highest BCUT2D eigenvalue weighted by Crippen LogP contribution is 2.24. The fourth-order valence-corrected chi connectivity index (χ4v) is 3.41. The van der Waals surface area contributed by atoms with Crippen molar-refractivity contribution in [2.24, 2.45) is 10.9 Å². The molecular formula is C21H23FN4O4. The van der Waals surface area contributed by atoms with E-state index in [1.54, 1.807) is 28.8 Å². The molecule has 0 spiro atoms. The molecule has 0 saturated carbocycles. The number of amidine groups is 1. The van der Waals surface area contributed by atoms with Crippen molar-refractivity contribution >= 4 is 22.7 Å². The molecule has 0 radical (unpaired) electrons. The Bertz CT molecular complexity index is 1100. The van der Waals surface area contributed by atoms with E-state index in [9.17, 15) is 14.0 Å². The van der Waals surface area contributed by atoms with Crippen LogP contribution in [-0.2, 0) is 16.0 Å². The molecule has 3 N–H and O–H groups in total. The van der Waals surface area contributed by atoms with Crippen LogP contribution >= 0.6 is 0 Å². The summed E-state index contributed by atoms with van der Waals surface area (Å²) in [6, 6.07) is 4.40. The van der Waals surface area contributed by atoms with Gasteiger partial charge in [0.05, 0.1) is 24.1 Å². The molecule has 8 nitrogen and oxygen atoms in total. The van der Waals surface area contributed by atoms with Crippen molar-refractivity contribution in [3.05, 3.63) is 64.0 Å². The van der Waals surface area contributed by atoms with E-state index in [4.69, 9.17) is 10.9 Å². The summed E-state index contributed by atoms with van der Waals surface area (Å²) in [4.78, 5) is 29.2. The second kappa shape index (κ2) is 9.34. The first-order valence-corrected chi connectivity index (χ1v) is 9.58. The van der Waals surface area contributed by atoms with Gasteiger partial charge in [0.15, 0.2) is 5.84 Å². The number of methoxy groups -OCH3 is 1. The zero-order valence-electron chi connectivity index (χ0n) is 16.5. The molecule has 30 heavy (non-hydrogen) atoms. The Labute approximate surface area is 172 Å². The van der Waals surface area contributed by atoms with Gasteiger partial charge in [-0.2, -0.15) is 0 Å². The Morgan fingerprint density at radius 1 is 1.43 bits per heavy atom. The second-order valence-corrected chi connectivity index (χ2v) is 6.95. The van der Waals surface area contributed by atoms with Crippen molar-refractivity contribution in [2.45, 2.75) is 38.1 Å². The number of carbonyl (C=O) groups is 1. The number of fused-ring (bicyclic) bond motifs is 1. The Morgan fingerprint density at radius 3 is 2.90 bits per heavy atom. The molecule has 1 aliphatic carbocycles. The minimum Gasteiger partial charge on any atom is -0.469 e. The molecule has 9 heteroatoms. The van der Waals surface area contributed by atoms with Crippen LogP contribution in [0.2, 0.25) is 0 Å². The lowest BCUT2D eigenvalue weighted by atomic mass is 10.1. The first kappa shape index (κ1) is 21.2. The molecule has 1 aromatic heterocycles. The number of oxime groups is 1. The van der Waals surface area contributed by atoms with Gasteiger partial charge in [-0.3, -0.25) is 14.2 Å². The van der Waals surface area contributed by atoms with E-state index in [-0.39, 0.29) is 35.7 Å². The van der Waals surface area contributed by atoms with Gasteiger partial charge in [-0.1, -0.05) is 17.3 Å². The number of hydrogen-bond acceptors (Lipinski definition) is 6. The van der Waals surface area contributed by atoms with Gasteiger partial charge in [-0.05, 0) is 43.5 Å². The van der Waals surface area contributed by atoms with E-state index in [0.29, 0.717) is 48.0 Å². The van der Waals surface area contributed by atoms with Crippen molar-refractivity contribution in [2.75, 3.05) is 7.11 Å². The number of esters is 1. The lowest BCUT2D eigenvalue weighted by Crippen LogP contribution is -2.29. The molecule has 0 amide bonds. The van der Waals surface area contributed by atoms with Crippen molar-refractivity contribution < 1.29 is 19.1 Å². The predicted octanol–water partition coefficient (Wildman–Crippen LogP) is 2.73. The summed E-state index contributed by atoms with van der Waals surface area (Å²) in [5.74, 6) is -0.188. The van der Waals surface area contributed by atoms with Gasteiger partial charge in [-0.25, -0.2) is 9.37 Å². The van der Waals surface area contributed by atoms with Crippen molar-refractivity contribution in [3.63, 3.8) is 0 Å². The topological polar surface area (TPSA) is 120 Å². The van der Waals surface area contributed by atoms with Crippen LogP contribution in [0.3, 0.4) is 0 Å². The summed E-state index contributed by atoms with van der Waals surface area (Å²) in [6.07, 6.45) is 6.69. The zero-order valence-corrected chi connectivity index (χ0v) is 16.5. The van der Waals surface area contributed by atoms with Crippen LogP contribution in [0.25, 0.3) is 10.9 Å². The first-order chi connectivity index (χ1) is 14.4. The molecule has 0 aliphatic heterocycles. The lowest BCUT2D eigenvalue weighted by molar-refractivity contribution is -0.140. The standard InChI is InChI=1S/C21H23FN4O4/c1-30-19(27)5-3-2-4-18-24-17-12-13(20(23)25-29)6-11-16(17)21(28)26(18)15-9-7-14(22)8-10-15/h6-9,11-12,15,29H,2-5,10H2,1H3,(H2,23,25). The maximum absolute atomic E-state index is 13.4. The third-order valence-corrected chi connectivity index (χ3v) is 5.00. The Balaban J connectivity index is 2.02. The average Bonchev–Trinajstić information content (AvgIpc) is 2.76. The minimum absolute atomic E-state index is 0.0849. The maximum Gasteiger partial charge on any atom is 0.305 e. The molecule has 1 heterocycles. The van der Waals surface area contributed by atoms with Crippen LogP contribution < -0.4 is 11.3 Å². The van der Waals surface area contributed by atoms with E-state index in [0.717, 1.165) is 0 Å². The molecule has 2 aromatic rings. The minimum atomic E-state index is -0.353. The van der Waals surface area contributed by atoms with E-state index < -0.39 is 0 Å². The summed E-state index contributed by atoms with van der Waals surface area (Å²) in [5.41, 5.74) is 6.26. The quantitative estimate of drug-likeness (QED) is 0.180. The van der Waals surface area contributed by atoms with E-state index in [2.05, 4.69) is 14.9 Å². The van der Waals surface area contributed by atoms with E-state index >= 15 is 0 Å². The number of benzene rings is 1. The SMILES string of the molecule is COC(=O)CCCCc1nc2cc(/C(N)=N/O)ccc2c(=O)n1C1C=CC(F)=CC1. The van der Waals surface area contributed by atoms with Crippen molar-refractivity contribution in [3.8, 4) is 0 Å². The molecule has 1 unspecified atom stereocenters. The van der Waals surface area contributed by atoms with Crippen molar-refractivity contribution in [1.82, 2.24) is 9.55 Å². The number of nitrogens with zero attached hydrogens (tertiary/aromatic N) is 3. The van der Waals surface area contributed by atoms with Gasteiger partial charge in [0.1, 0.15) is 11.7 Å². The third-order valence-electron chi connectivity index (χ3n) is 5.00. The smallest absolute Gasteiger partial charge is 0.305 e. The molecule has 0 saturated heterocycles. The normalized spacial score (nSPS) is 16.5. The van der Waals surface area contributed by atoms with Gasteiger partial charge >= 0.3 is 5.97 Å². The number of aryl methyl sites for hydroxylation is 1. The second-order valence-electron chi connectivity index (χ2n) is 6.95. The molecule has 1 aromatic carbocycles. The number of allylic oxidation sites excluding steroid dienone is 4. The average molecular weight is 414 g/mol. The Hall–Kier alpha value is -3.49. The summed E-state index contributed by atoms with van der Waals surface area (Å²) in [6.45, 7) is 0. The van der Waals surface area contributed by atoms with Crippen molar-refractivity contribution in [1.29, 1.82) is 0 Å². The largest absolute Gasteiger partial charge is 0.469 e. The van der Waals surface area contributed by atoms with E-state index in [1.165, 1.54) is 19.3 Å². The van der Waals surface area contributed by atoms with Gasteiger partial charge in [0.25, 0.3) is 5.56 Å². The number of hydrogen-bond donors (Lipinski definition) is 2. The summed E-state index contributed by atoms with van der Waals surface area (Å²) in [7, 11) is 1.34. The van der Waals surface area contributed by atoms with E-state index in [1.807, 2.05) is 0 Å². The molecule has 1 atom stereocenters. The monoisotopic (exact) mass is 414 g/mol. The number of ether oxygens (including phenoxy) is 1. The molecule has 3 rings (SSSR count). The Morgan fingerprint density at radius 2 is 2.23 bits per heavy atom. The van der Waals surface area contributed by atoms with Crippen LogP contribution in [0.1, 0.15) is 43.1 Å². The summed E-state index contributed by atoms with van der Waals surface area (Å²) < 4.78 is 19.6. The van der Waals surface area contributed by atoms with Crippen LogP contribution in [0.4, 0.5) is 4.39 Å². The third kappa shape index (κ3) is 4.56. The number of halogens is 1. The molecule has 0 fully saturated rings. The van der Waals surface area contributed by atoms with Gasteiger partial charge < -0.3 is 15.7 Å². The van der Waals surface area contributed by atoms with Gasteiger partial charge in [-0.15, -0.1) is 0 Å². The van der Waals surface area contributed by atoms with Gasteiger partial charge in [0, 0.05) is 18.4 Å². The first-order valence-electron chi connectivity index (χ1n) is 9.58. The van der Waals surface area contributed by atoms with Crippen LogP contribution in [-0.4, -0.2) is 33.7 Å². The van der Waals surface area contributed by atoms with Crippen LogP contribution in [0.5, 0.6) is 0 Å². The molecule has 0 bridgehead atoms. The number of aromatic nitrogens is 2. The van der Waals surface area contributed by atoms with Crippen LogP contribution in [0, 0.1) is 0 Å². The Kier molecular flexibility index (Phi) is 6.61. The summed E-state index contributed by atoms with van der Waals surface area (Å²) >= 11 is 0. The predicted molar refractivity (Wildman–Crippen MR) is 110 cm³/mol. The maximum atomic E-state index is 13.4. The number of carbonyl (C=O) groups excluding carboxylic acids is 1. The highest BCUT2D eigenvalue weighted by Gasteiger charge is 2.19. The van der Waals surface area contributed by atoms with Gasteiger partial charge in [0.2, 0.25) is 0 Å². The highest BCUT2D eigenvalue weighted by atomic mass is 19.1. The molecular weight excluding hydrogens is 391 g/mol. The fraction of sp³-hybridized carbons (Fsp3) is 0.333. The molecule has 158 valence electrons.